The molecule has 4 nitrogen and oxygen atoms in total. The van der Waals surface area contributed by atoms with Crippen molar-refractivity contribution >= 4 is 22.6 Å². The smallest absolute Gasteiger partial charge is 0.203 e. The number of nitrogens with zero attached hydrogens (tertiary/aromatic N) is 4. The number of aromatic nitrogens is 4. The second-order valence-corrected chi connectivity index (χ2v) is 4.32. The Morgan fingerprint density at radius 3 is 2.76 bits per heavy atom. The minimum absolute atomic E-state index is 0.483. The van der Waals surface area contributed by atoms with Gasteiger partial charge in [0.2, 0.25) is 5.28 Å². The molecule has 5 heteroatoms. The summed E-state index contributed by atoms with van der Waals surface area (Å²) >= 11 is 6.04. The lowest BCUT2D eigenvalue weighted by molar-refractivity contribution is 0.855. The quantitative estimate of drug-likeness (QED) is 0.662. The van der Waals surface area contributed by atoms with Crippen molar-refractivity contribution in [3.8, 4) is 5.69 Å². The number of halogens is 1. The van der Waals surface area contributed by atoms with E-state index in [1.165, 1.54) is 0 Å². The van der Waals surface area contributed by atoms with Crippen molar-refractivity contribution in [2.24, 2.45) is 7.05 Å². The molecule has 0 saturated heterocycles. The van der Waals surface area contributed by atoms with Crippen LogP contribution >= 0.6 is 11.6 Å². The van der Waals surface area contributed by atoms with E-state index in [1.54, 1.807) is 0 Å². The zero-order valence-electron chi connectivity index (χ0n) is 9.55. The van der Waals surface area contributed by atoms with E-state index in [2.05, 4.69) is 10.1 Å². The van der Waals surface area contributed by atoms with E-state index in [0.717, 1.165) is 22.4 Å². The van der Waals surface area contributed by atoms with Gasteiger partial charge in [-0.3, -0.25) is 0 Å². The van der Waals surface area contributed by atoms with Crippen LogP contribution in [0.4, 0.5) is 0 Å². The maximum atomic E-state index is 6.04. The Labute approximate surface area is 103 Å². The number of benzene rings is 1. The van der Waals surface area contributed by atoms with Crippen molar-refractivity contribution in [1.29, 1.82) is 0 Å². The highest BCUT2D eigenvalue weighted by molar-refractivity contribution is 6.29. The molecule has 3 rings (SSSR count). The van der Waals surface area contributed by atoms with Crippen LogP contribution < -0.4 is 0 Å². The zero-order chi connectivity index (χ0) is 12.0. The summed E-state index contributed by atoms with van der Waals surface area (Å²) < 4.78 is 3.71. The van der Waals surface area contributed by atoms with E-state index < -0.39 is 0 Å². The third-order valence-electron chi connectivity index (χ3n) is 2.79. The van der Waals surface area contributed by atoms with Gasteiger partial charge >= 0.3 is 0 Å². The molecule has 0 saturated carbocycles. The molecule has 3 aromatic rings. The summed E-state index contributed by atoms with van der Waals surface area (Å²) in [6.45, 7) is 1.97. The van der Waals surface area contributed by atoms with Gasteiger partial charge in [0, 0.05) is 13.2 Å². The molecule has 0 spiro atoms. The van der Waals surface area contributed by atoms with Crippen molar-refractivity contribution in [2.75, 3.05) is 0 Å². The van der Waals surface area contributed by atoms with E-state index in [9.17, 15) is 0 Å². The fourth-order valence-electron chi connectivity index (χ4n) is 1.95. The van der Waals surface area contributed by atoms with E-state index in [4.69, 9.17) is 11.6 Å². The van der Waals surface area contributed by atoms with Crippen LogP contribution in [-0.2, 0) is 7.05 Å². The molecule has 0 bridgehead atoms. The van der Waals surface area contributed by atoms with Crippen LogP contribution in [0.1, 0.15) is 5.69 Å². The minimum Gasteiger partial charge on any atom is -0.316 e. The second kappa shape index (κ2) is 3.60. The fourth-order valence-corrected chi connectivity index (χ4v) is 2.13. The first-order valence-corrected chi connectivity index (χ1v) is 5.68. The SMILES string of the molecule is Cc1ccn(-c2cccc3nc(Cl)n(C)c23)n1. The molecule has 0 unspecified atom stereocenters. The second-order valence-electron chi connectivity index (χ2n) is 3.99. The molecule has 2 aromatic heterocycles. The molecule has 0 atom stereocenters. The molecule has 17 heavy (non-hydrogen) atoms. The molecule has 0 aliphatic rings. The van der Waals surface area contributed by atoms with Gasteiger partial charge in [-0.2, -0.15) is 5.10 Å². The van der Waals surface area contributed by atoms with Gasteiger partial charge in [0.1, 0.15) is 0 Å². The largest absolute Gasteiger partial charge is 0.316 e. The van der Waals surface area contributed by atoms with Crippen molar-refractivity contribution < 1.29 is 0 Å². The van der Waals surface area contributed by atoms with Gasteiger partial charge in [0.15, 0.2) is 0 Å². The Bertz CT molecular complexity index is 696. The number of para-hydroxylation sites is 1. The first-order valence-electron chi connectivity index (χ1n) is 5.30. The van der Waals surface area contributed by atoms with Crippen LogP contribution in [0.3, 0.4) is 0 Å². The number of fused-ring (bicyclic) bond motifs is 1. The Morgan fingerprint density at radius 1 is 1.24 bits per heavy atom. The third kappa shape index (κ3) is 1.52. The molecule has 0 amide bonds. The summed E-state index contributed by atoms with van der Waals surface area (Å²) in [6, 6.07) is 7.88. The summed E-state index contributed by atoms with van der Waals surface area (Å²) in [7, 11) is 1.90. The maximum Gasteiger partial charge on any atom is 0.203 e. The van der Waals surface area contributed by atoms with Crippen LogP contribution in [0.5, 0.6) is 0 Å². The van der Waals surface area contributed by atoms with E-state index >= 15 is 0 Å². The zero-order valence-corrected chi connectivity index (χ0v) is 10.3. The highest BCUT2D eigenvalue weighted by atomic mass is 35.5. The average Bonchev–Trinajstić information content (AvgIpc) is 2.85. The van der Waals surface area contributed by atoms with E-state index in [1.807, 2.05) is 53.7 Å². The summed E-state index contributed by atoms with van der Waals surface area (Å²) in [6.07, 6.45) is 1.94. The summed E-state index contributed by atoms with van der Waals surface area (Å²) in [5.74, 6) is 0. The molecule has 0 radical (unpaired) electrons. The lowest BCUT2D eigenvalue weighted by Crippen LogP contribution is -1.99. The van der Waals surface area contributed by atoms with Gasteiger partial charge in [-0.1, -0.05) is 6.07 Å². The highest BCUT2D eigenvalue weighted by Crippen LogP contribution is 2.24. The lowest BCUT2D eigenvalue weighted by atomic mass is 10.2. The first kappa shape index (κ1) is 10.4. The monoisotopic (exact) mass is 246 g/mol. The van der Waals surface area contributed by atoms with Gasteiger partial charge in [-0.05, 0) is 36.7 Å². The molecule has 0 N–H and O–H groups in total. The molecule has 0 aliphatic carbocycles. The predicted molar refractivity (Wildman–Crippen MR) is 67.6 cm³/mol. The van der Waals surface area contributed by atoms with Crippen molar-refractivity contribution in [2.45, 2.75) is 6.92 Å². The molecular formula is C12H11ClN4. The Morgan fingerprint density at radius 2 is 2.06 bits per heavy atom. The highest BCUT2D eigenvalue weighted by Gasteiger charge is 2.11. The summed E-state index contributed by atoms with van der Waals surface area (Å²) in [5, 5.41) is 4.90. The van der Waals surface area contributed by atoms with Crippen LogP contribution in [0.25, 0.3) is 16.7 Å². The van der Waals surface area contributed by atoms with Crippen molar-refractivity contribution in [3.63, 3.8) is 0 Å². The lowest BCUT2D eigenvalue weighted by Gasteiger charge is -2.05. The number of hydrogen-bond acceptors (Lipinski definition) is 2. The molecule has 0 aliphatic heterocycles. The van der Waals surface area contributed by atoms with E-state index in [-0.39, 0.29) is 0 Å². The van der Waals surface area contributed by atoms with Gasteiger partial charge < -0.3 is 4.57 Å². The van der Waals surface area contributed by atoms with Crippen LogP contribution in [-0.4, -0.2) is 19.3 Å². The maximum absolute atomic E-state index is 6.04. The molecular weight excluding hydrogens is 236 g/mol. The van der Waals surface area contributed by atoms with Gasteiger partial charge in [0.05, 0.1) is 22.4 Å². The number of imidazole rings is 1. The molecule has 0 fully saturated rings. The topological polar surface area (TPSA) is 35.6 Å². The number of rotatable bonds is 1. The number of aryl methyl sites for hydroxylation is 2. The summed E-state index contributed by atoms with van der Waals surface area (Å²) in [4.78, 5) is 4.29. The predicted octanol–water partition coefficient (Wildman–Crippen LogP) is 2.72. The fraction of sp³-hybridized carbons (Fsp3) is 0.167. The van der Waals surface area contributed by atoms with Crippen molar-refractivity contribution in [3.05, 3.63) is 41.4 Å². The van der Waals surface area contributed by atoms with Crippen molar-refractivity contribution in [1.82, 2.24) is 19.3 Å². The Hall–Kier alpha value is -1.81. The van der Waals surface area contributed by atoms with Gasteiger partial charge in [-0.15, -0.1) is 0 Å². The third-order valence-corrected chi connectivity index (χ3v) is 3.13. The van der Waals surface area contributed by atoms with Crippen LogP contribution in [0, 0.1) is 6.92 Å². The summed E-state index contributed by atoms with van der Waals surface area (Å²) in [5.41, 5.74) is 3.83. The minimum atomic E-state index is 0.483. The molecule has 1 aromatic carbocycles. The number of hydrogen-bond donors (Lipinski definition) is 0. The normalized spacial score (nSPS) is 11.2. The first-order chi connectivity index (χ1) is 8.16. The van der Waals surface area contributed by atoms with Gasteiger partial charge in [-0.25, -0.2) is 9.67 Å². The Kier molecular flexibility index (Phi) is 2.19. The molecule has 86 valence electrons. The van der Waals surface area contributed by atoms with Gasteiger partial charge in [0.25, 0.3) is 0 Å². The van der Waals surface area contributed by atoms with Crippen LogP contribution in [0.15, 0.2) is 30.5 Å². The molecule has 2 heterocycles. The standard InChI is InChI=1S/C12H11ClN4/c1-8-6-7-17(15-8)10-5-3-4-9-11(10)16(2)12(13)14-9/h3-7H,1-2H3. The Balaban J connectivity index is 2.36. The van der Waals surface area contributed by atoms with E-state index in [0.29, 0.717) is 5.28 Å². The average molecular weight is 247 g/mol. The van der Waals surface area contributed by atoms with Crippen LogP contribution in [0.2, 0.25) is 5.28 Å².